The van der Waals surface area contributed by atoms with Gasteiger partial charge in [-0.1, -0.05) is 33.6 Å². The molecule has 4 nitrogen and oxygen atoms in total. The molecular weight excluding hydrogens is 224 g/mol. The number of unbranched alkanes of at least 4 members (excludes halogenated alkanes) is 1. The lowest BCUT2D eigenvalue weighted by molar-refractivity contribution is 0.224. The molecule has 0 bridgehead atoms. The predicted molar refractivity (Wildman–Crippen MR) is 75.5 cm³/mol. The van der Waals surface area contributed by atoms with Crippen LogP contribution in [0.15, 0.2) is 6.33 Å². The van der Waals surface area contributed by atoms with E-state index in [1.54, 1.807) is 6.33 Å². The first-order chi connectivity index (χ1) is 8.67. The van der Waals surface area contributed by atoms with Crippen LogP contribution in [0.5, 0.6) is 0 Å². The van der Waals surface area contributed by atoms with E-state index in [9.17, 15) is 0 Å². The van der Waals surface area contributed by atoms with E-state index in [4.69, 9.17) is 0 Å². The van der Waals surface area contributed by atoms with Crippen molar-refractivity contribution in [1.82, 2.24) is 20.1 Å². The Morgan fingerprint density at radius 1 is 1.33 bits per heavy atom. The highest BCUT2D eigenvalue weighted by Gasteiger charge is 2.29. The van der Waals surface area contributed by atoms with Crippen molar-refractivity contribution >= 4 is 0 Å². The van der Waals surface area contributed by atoms with Gasteiger partial charge in [0.25, 0.3) is 0 Å². The molecule has 1 aromatic rings. The second kappa shape index (κ2) is 7.52. The van der Waals surface area contributed by atoms with Crippen LogP contribution in [0.1, 0.15) is 52.3 Å². The standard InChI is InChI=1S/C14H28N4/c1-5-8-9-14(6-2,11-15-7-3)10-13-16-12-17-18(13)4/h12,15H,5-11H2,1-4H3. The van der Waals surface area contributed by atoms with Gasteiger partial charge in [-0.3, -0.25) is 4.68 Å². The molecule has 0 radical (unpaired) electrons. The molecule has 1 unspecified atom stereocenters. The summed E-state index contributed by atoms with van der Waals surface area (Å²) in [4.78, 5) is 4.39. The minimum absolute atomic E-state index is 0.326. The van der Waals surface area contributed by atoms with Gasteiger partial charge in [-0.05, 0) is 24.8 Å². The molecule has 1 aromatic heterocycles. The molecule has 0 saturated heterocycles. The summed E-state index contributed by atoms with van der Waals surface area (Å²) in [5.41, 5.74) is 0.326. The van der Waals surface area contributed by atoms with Crippen LogP contribution in [-0.2, 0) is 13.5 Å². The van der Waals surface area contributed by atoms with Crippen molar-refractivity contribution < 1.29 is 0 Å². The normalized spacial score (nSPS) is 14.7. The lowest BCUT2D eigenvalue weighted by Crippen LogP contribution is -2.36. The molecule has 104 valence electrons. The molecule has 0 aliphatic rings. The smallest absolute Gasteiger partial charge is 0.138 e. The van der Waals surface area contributed by atoms with Crippen LogP contribution in [0.2, 0.25) is 0 Å². The highest BCUT2D eigenvalue weighted by atomic mass is 15.3. The lowest BCUT2D eigenvalue weighted by Gasteiger charge is -2.33. The summed E-state index contributed by atoms with van der Waals surface area (Å²) in [7, 11) is 1.98. The highest BCUT2D eigenvalue weighted by Crippen LogP contribution is 2.31. The first-order valence-corrected chi connectivity index (χ1v) is 7.21. The van der Waals surface area contributed by atoms with Gasteiger partial charge in [0.2, 0.25) is 0 Å². The molecular formula is C14H28N4. The second-order valence-electron chi connectivity index (χ2n) is 5.21. The first kappa shape index (κ1) is 15.2. The van der Waals surface area contributed by atoms with Gasteiger partial charge in [0.1, 0.15) is 12.2 Å². The Balaban J connectivity index is 2.76. The fourth-order valence-corrected chi connectivity index (χ4v) is 2.42. The maximum absolute atomic E-state index is 4.39. The summed E-state index contributed by atoms with van der Waals surface area (Å²) < 4.78 is 1.91. The van der Waals surface area contributed by atoms with Crippen LogP contribution in [0.25, 0.3) is 0 Å². The van der Waals surface area contributed by atoms with Crippen molar-refractivity contribution in [2.45, 2.75) is 52.9 Å². The van der Waals surface area contributed by atoms with E-state index in [-0.39, 0.29) is 0 Å². The van der Waals surface area contributed by atoms with E-state index in [2.05, 4.69) is 36.2 Å². The number of nitrogens with one attached hydrogen (secondary N) is 1. The predicted octanol–water partition coefficient (Wildman–Crippen LogP) is 2.55. The SMILES string of the molecule is CCCCC(CC)(CNCC)Cc1ncnn1C. The van der Waals surface area contributed by atoms with Crippen molar-refractivity contribution in [2.75, 3.05) is 13.1 Å². The van der Waals surface area contributed by atoms with Crippen molar-refractivity contribution in [1.29, 1.82) is 0 Å². The van der Waals surface area contributed by atoms with Gasteiger partial charge in [0.15, 0.2) is 0 Å². The molecule has 1 N–H and O–H groups in total. The third kappa shape index (κ3) is 4.09. The van der Waals surface area contributed by atoms with E-state index in [0.29, 0.717) is 5.41 Å². The van der Waals surface area contributed by atoms with Crippen molar-refractivity contribution in [3.8, 4) is 0 Å². The Hall–Kier alpha value is -0.900. The van der Waals surface area contributed by atoms with Gasteiger partial charge in [0, 0.05) is 20.0 Å². The molecule has 1 heterocycles. The van der Waals surface area contributed by atoms with Crippen molar-refractivity contribution in [3.63, 3.8) is 0 Å². The summed E-state index contributed by atoms with van der Waals surface area (Å²) >= 11 is 0. The van der Waals surface area contributed by atoms with Crippen molar-refractivity contribution in [3.05, 3.63) is 12.2 Å². The lowest BCUT2D eigenvalue weighted by atomic mass is 9.77. The molecule has 0 fully saturated rings. The Morgan fingerprint density at radius 2 is 2.11 bits per heavy atom. The number of nitrogens with zero attached hydrogens (tertiary/aromatic N) is 3. The Labute approximate surface area is 111 Å². The summed E-state index contributed by atoms with van der Waals surface area (Å²) in [6, 6.07) is 0. The highest BCUT2D eigenvalue weighted by molar-refractivity contribution is 4.94. The Morgan fingerprint density at radius 3 is 2.61 bits per heavy atom. The quantitative estimate of drug-likeness (QED) is 0.734. The molecule has 0 amide bonds. The van der Waals surface area contributed by atoms with Crippen LogP contribution in [0, 0.1) is 5.41 Å². The number of rotatable bonds is 9. The fraction of sp³-hybridized carbons (Fsp3) is 0.857. The Bertz CT molecular complexity index is 324. The van der Waals surface area contributed by atoms with E-state index in [1.807, 2.05) is 11.7 Å². The van der Waals surface area contributed by atoms with Gasteiger partial charge in [-0.15, -0.1) is 0 Å². The molecule has 0 saturated carbocycles. The van der Waals surface area contributed by atoms with E-state index in [1.165, 1.54) is 25.7 Å². The molecule has 4 heteroatoms. The summed E-state index contributed by atoms with van der Waals surface area (Å²) in [6.07, 6.45) is 7.67. The van der Waals surface area contributed by atoms with Crippen LogP contribution in [-0.4, -0.2) is 27.9 Å². The summed E-state index contributed by atoms with van der Waals surface area (Å²) in [5, 5.41) is 7.70. The van der Waals surface area contributed by atoms with Crippen molar-refractivity contribution in [2.24, 2.45) is 12.5 Å². The largest absolute Gasteiger partial charge is 0.316 e. The molecule has 0 aliphatic carbocycles. The van der Waals surface area contributed by atoms with E-state index >= 15 is 0 Å². The van der Waals surface area contributed by atoms with Crippen LogP contribution in [0.4, 0.5) is 0 Å². The fourth-order valence-electron chi connectivity index (χ4n) is 2.42. The second-order valence-corrected chi connectivity index (χ2v) is 5.21. The number of aryl methyl sites for hydroxylation is 1. The number of hydrogen-bond acceptors (Lipinski definition) is 3. The number of aromatic nitrogens is 3. The van der Waals surface area contributed by atoms with E-state index in [0.717, 1.165) is 25.3 Å². The van der Waals surface area contributed by atoms with E-state index < -0.39 is 0 Å². The first-order valence-electron chi connectivity index (χ1n) is 7.21. The maximum atomic E-state index is 4.39. The van der Waals surface area contributed by atoms with Gasteiger partial charge >= 0.3 is 0 Å². The molecule has 0 spiro atoms. The molecule has 18 heavy (non-hydrogen) atoms. The molecule has 0 aromatic carbocycles. The third-order valence-electron chi connectivity index (χ3n) is 3.90. The summed E-state index contributed by atoms with van der Waals surface area (Å²) in [6.45, 7) is 8.83. The monoisotopic (exact) mass is 252 g/mol. The van der Waals surface area contributed by atoms with Gasteiger partial charge in [0.05, 0.1) is 0 Å². The Kier molecular flexibility index (Phi) is 6.33. The van der Waals surface area contributed by atoms with Gasteiger partial charge in [-0.25, -0.2) is 4.98 Å². The maximum Gasteiger partial charge on any atom is 0.138 e. The minimum Gasteiger partial charge on any atom is -0.316 e. The third-order valence-corrected chi connectivity index (χ3v) is 3.90. The zero-order valence-corrected chi connectivity index (χ0v) is 12.4. The van der Waals surface area contributed by atoms with Gasteiger partial charge < -0.3 is 5.32 Å². The zero-order chi connectivity index (χ0) is 13.4. The van der Waals surface area contributed by atoms with Crippen LogP contribution in [0.3, 0.4) is 0 Å². The average molecular weight is 252 g/mol. The summed E-state index contributed by atoms with van der Waals surface area (Å²) in [5.74, 6) is 1.10. The molecule has 0 aliphatic heterocycles. The van der Waals surface area contributed by atoms with Crippen LogP contribution < -0.4 is 5.32 Å². The van der Waals surface area contributed by atoms with Gasteiger partial charge in [-0.2, -0.15) is 5.10 Å². The molecule has 1 atom stereocenters. The zero-order valence-electron chi connectivity index (χ0n) is 12.4. The minimum atomic E-state index is 0.326. The topological polar surface area (TPSA) is 42.7 Å². The average Bonchev–Trinajstić information content (AvgIpc) is 2.78. The number of hydrogen-bond donors (Lipinski definition) is 1. The molecule has 1 rings (SSSR count). The van der Waals surface area contributed by atoms with Crippen LogP contribution >= 0.6 is 0 Å².